The van der Waals surface area contributed by atoms with Crippen molar-refractivity contribution in [2.45, 2.75) is 38.1 Å². The summed E-state index contributed by atoms with van der Waals surface area (Å²) in [6, 6.07) is 5.94. The van der Waals surface area contributed by atoms with Gasteiger partial charge in [0.1, 0.15) is 17.7 Å². The van der Waals surface area contributed by atoms with E-state index in [1.54, 1.807) is 6.20 Å². The Morgan fingerprint density at radius 2 is 2.13 bits per heavy atom. The van der Waals surface area contributed by atoms with Crippen LogP contribution in [-0.2, 0) is 6.54 Å². The zero-order valence-corrected chi connectivity index (χ0v) is 13.2. The maximum absolute atomic E-state index is 9.32. The summed E-state index contributed by atoms with van der Waals surface area (Å²) in [6.07, 6.45) is 10.8. The molecule has 23 heavy (non-hydrogen) atoms. The van der Waals surface area contributed by atoms with Crippen molar-refractivity contribution in [3.05, 3.63) is 42.1 Å². The Kier molecular flexibility index (Phi) is 3.74. The average Bonchev–Trinajstić information content (AvgIpc) is 3.30. The van der Waals surface area contributed by atoms with Gasteiger partial charge in [0.25, 0.3) is 0 Å². The highest BCUT2D eigenvalue weighted by atomic mass is 15.2. The number of nitrogens with zero attached hydrogens (tertiary/aromatic N) is 5. The van der Waals surface area contributed by atoms with E-state index in [4.69, 9.17) is 0 Å². The largest absolute Gasteiger partial charge is 0.355 e. The van der Waals surface area contributed by atoms with Gasteiger partial charge >= 0.3 is 0 Å². The normalized spacial score (nSPS) is 21.2. The molecule has 2 aromatic rings. The Hall–Kier alpha value is -2.35. The first-order valence-corrected chi connectivity index (χ1v) is 8.46. The number of anilines is 1. The van der Waals surface area contributed by atoms with E-state index in [-0.39, 0.29) is 0 Å². The van der Waals surface area contributed by atoms with Crippen LogP contribution in [0.4, 0.5) is 5.82 Å². The van der Waals surface area contributed by atoms with Gasteiger partial charge in [0.15, 0.2) is 0 Å². The molecule has 5 nitrogen and oxygen atoms in total. The molecule has 0 N–H and O–H groups in total. The lowest BCUT2D eigenvalue weighted by atomic mass is 9.96. The molecule has 3 heterocycles. The second-order valence-electron chi connectivity index (χ2n) is 6.65. The van der Waals surface area contributed by atoms with Crippen LogP contribution in [-0.4, -0.2) is 27.6 Å². The Morgan fingerprint density at radius 1 is 1.22 bits per heavy atom. The number of pyridine rings is 1. The molecular weight excluding hydrogens is 286 g/mol. The molecule has 0 bridgehead atoms. The summed E-state index contributed by atoms with van der Waals surface area (Å²) in [5.41, 5.74) is 0.662. The van der Waals surface area contributed by atoms with Gasteiger partial charge in [0.2, 0.25) is 0 Å². The van der Waals surface area contributed by atoms with Crippen molar-refractivity contribution in [1.29, 1.82) is 5.26 Å². The molecule has 1 aliphatic heterocycles. The quantitative estimate of drug-likeness (QED) is 0.871. The Labute approximate surface area is 136 Å². The highest BCUT2D eigenvalue weighted by Gasteiger charge is 2.28. The first kappa shape index (κ1) is 14.3. The molecule has 1 atom stereocenters. The van der Waals surface area contributed by atoms with Gasteiger partial charge in [-0.2, -0.15) is 5.26 Å². The van der Waals surface area contributed by atoms with E-state index in [2.05, 4.69) is 31.7 Å². The molecule has 0 radical (unpaired) electrons. The van der Waals surface area contributed by atoms with E-state index in [1.807, 2.05) is 18.3 Å². The molecule has 0 spiro atoms. The van der Waals surface area contributed by atoms with Crippen LogP contribution in [0.2, 0.25) is 0 Å². The number of hydrogen-bond acceptors (Lipinski definition) is 4. The fourth-order valence-electron chi connectivity index (χ4n) is 3.53. The SMILES string of the molecule is N#Cc1cccnc1N1CCC[C@H](c2nccn2CC2CC2)C1. The summed E-state index contributed by atoms with van der Waals surface area (Å²) in [7, 11) is 0. The predicted molar refractivity (Wildman–Crippen MR) is 88.1 cm³/mol. The zero-order chi connectivity index (χ0) is 15.6. The lowest BCUT2D eigenvalue weighted by Crippen LogP contribution is -2.36. The van der Waals surface area contributed by atoms with Crippen LogP contribution in [0.25, 0.3) is 0 Å². The number of nitriles is 1. The predicted octanol–water partition coefficient (Wildman–Crippen LogP) is 2.94. The summed E-state index contributed by atoms with van der Waals surface area (Å²) in [5.74, 6) is 3.30. The van der Waals surface area contributed by atoms with Gasteiger partial charge < -0.3 is 9.47 Å². The van der Waals surface area contributed by atoms with E-state index in [1.165, 1.54) is 18.7 Å². The van der Waals surface area contributed by atoms with Gasteiger partial charge in [-0.1, -0.05) is 0 Å². The van der Waals surface area contributed by atoms with Crippen LogP contribution in [0.3, 0.4) is 0 Å². The van der Waals surface area contributed by atoms with Gasteiger partial charge in [-0.05, 0) is 43.7 Å². The summed E-state index contributed by atoms with van der Waals surface area (Å²) in [5, 5.41) is 9.32. The minimum Gasteiger partial charge on any atom is -0.355 e. The lowest BCUT2D eigenvalue weighted by Gasteiger charge is -2.33. The van der Waals surface area contributed by atoms with E-state index >= 15 is 0 Å². The number of imidazole rings is 1. The van der Waals surface area contributed by atoms with Crippen LogP contribution in [0.1, 0.15) is 43.0 Å². The van der Waals surface area contributed by atoms with Crippen molar-refractivity contribution < 1.29 is 0 Å². The molecular formula is C18H21N5. The van der Waals surface area contributed by atoms with Crippen molar-refractivity contribution in [2.24, 2.45) is 5.92 Å². The molecule has 5 heteroatoms. The van der Waals surface area contributed by atoms with Crippen molar-refractivity contribution in [1.82, 2.24) is 14.5 Å². The molecule has 2 aliphatic rings. The van der Waals surface area contributed by atoms with Crippen molar-refractivity contribution in [3.63, 3.8) is 0 Å². The molecule has 1 aliphatic carbocycles. The highest BCUT2D eigenvalue weighted by molar-refractivity contribution is 5.53. The molecule has 4 rings (SSSR count). The second-order valence-corrected chi connectivity index (χ2v) is 6.65. The summed E-state index contributed by atoms with van der Waals surface area (Å²) in [4.78, 5) is 11.3. The smallest absolute Gasteiger partial charge is 0.146 e. The second kappa shape index (κ2) is 6.04. The average molecular weight is 307 g/mol. The van der Waals surface area contributed by atoms with Crippen molar-refractivity contribution in [3.8, 4) is 6.07 Å². The van der Waals surface area contributed by atoms with E-state index in [0.717, 1.165) is 44.2 Å². The van der Waals surface area contributed by atoms with Gasteiger partial charge in [0, 0.05) is 44.1 Å². The summed E-state index contributed by atoms with van der Waals surface area (Å²) < 4.78 is 2.34. The minimum absolute atomic E-state index is 0.422. The third-order valence-electron chi connectivity index (χ3n) is 4.89. The van der Waals surface area contributed by atoms with Crippen LogP contribution in [0, 0.1) is 17.2 Å². The number of hydrogen-bond donors (Lipinski definition) is 0. The van der Waals surface area contributed by atoms with E-state index < -0.39 is 0 Å². The van der Waals surface area contributed by atoms with Crippen LogP contribution < -0.4 is 4.90 Å². The minimum atomic E-state index is 0.422. The van der Waals surface area contributed by atoms with Gasteiger partial charge in [0.05, 0.1) is 5.56 Å². The van der Waals surface area contributed by atoms with Crippen LogP contribution >= 0.6 is 0 Å². The van der Waals surface area contributed by atoms with Gasteiger partial charge in [-0.3, -0.25) is 0 Å². The Balaban J connectivity index is 1.55. The number of rotatable bonds is 4. The third kappa shape index (κ3) is 2.94. The molecule has 0 aromatic carbocycles. The first-order valence-electron chi connectivity index (χ1n) is 8.46. The molecule has 118 valence electrons. The third-order valence-corrected chi connectivity index (χ3v) is 4.89. The maximum Gasteiger partial charge on any atom is 0.146 e. The number of piperidine rings is 1. The zero-order valence-electron chi connectivity index (χ0n) is 13.2. The molecule has 2 aromatic heterocycles. The van der Waals surface area contributed by atoms with E-state index in [0.29, 0.717) is 11.5 Å². The topological polar surface area (TPSA) is 57.7 Å². The maximum atomic E-state index is 9.32. The summed E-state index contributed by atoms with van der Waals surface area (Å²) >= 11 is 0. The fourth-order valence-corrected chi connectivity index (χ4v) is 3.53. The van der Waals surface area contributed by atoms with Crippen LogP contribution in [0.5, 0.6) is 0 Å². The fraction of sp³-hybridized carbons (Fsp3) is 0.500. The van der Waals surface area contributed by atoms with Crippen LogP contribution in [0.15, 0.2) is 30.7 Å². The molecule has 0 amide bonds. The molecule has 1 saturated carbocycles. The summed E-state index contributed by atoms with van der Waals surface area (Å²) in [6.45, 7) is 2.97. The highest BCUT2D eigenvalue weighted by Crippen LogP contribution is 2.34. The first-order chi connectivity index (χ1) is 11.3. The lowest BCUT2D eigenvalue weighted by molar-refractivity contribution is 0.461. The number of aromatic nitrogens is 3. The van der Waals surface area contributed by atoms with E-state index in [9.17, 15) is 5.26 Å². The molecule has 2 fully saturated rings. The molecule has 1 saturated heterocycles. The van der Waals surface area contributed by atoms with Gasteiger partial charge in [-0.25, -0.2) is 9.97 Å². The Bertz CT molecular complexity index is 725. The molecule has 0 unspecified atom stereocenters. The Morgan fingerprint density at radius 3 is 2.96 bits per heavy atom. The monoisotopic (exact) mass is 307 g/mol. The van der Waals surface area contributed by atoms with Crippen molar-refractivity contribution in [2.75, 3.05) is 18.0 Å². The van der Waals surface area contributed by atoms with Crippen molar-refractivity contribution >= 4 is 5.82 Å². The van der Waals surface area contributed by atoms with Gasteiger partial charge in [-0.15, -0.1) is 0 Å². The standard InChI is InChI=1S/C18H21N5/c19-11-15-3-1-7-20-17(15)22-9-2-4-16(13-22)18-21-8-10-23(18)12-14-5-6-14/h1,3,7-8,10,14,16H,2,4-6,9,12-13H2/t16-/m0/s1.